The van der Waals surface area contributed by atoms with Gasteiger partial charge in [-0.2, -0.15) is 11.8 Å². The van der Waals surface area contributed by atoms with E-state index in [1.54, 1.807) is 0 Å². The first-order chi connectivity index (χ1) is 5.56. The molecule has 0 spiro atoms. The van der Waals surface area contributed by atoms with Gasteiger partial charge in [0.1, 0.15) is 5.54 Å². The van der Waals surface area contributed by atoms with E-state index in [0.717, 1.165) is 11.5 Å². The number of esters is 1. The van der Waals surface area contributed by atoms with Crippen LogP contribution in [-0.2, 0) is 9.53 Å². The summed E-state index contributed by atoms with van der Waals surface area (Å²) in [5.74, 6) is 2.00. The van der Waals surface area contributed by atoms with Crippen molar-refractivity contribution in [3.63, 3.8) is 0 Å². The van der Waals surface area contributed by atoms with Crippen LogP contribution >= 0.6 is 11.8 Å². The number of nitrogens with one attached hydrogen (secondary N) is 1. The third-order valence-corrected chi connectivity index (χ3v) is 3.17. The number of ether oxygens (including phenoxy) is 1. The Morgan fingerprint density at radius 1 is 1.58 bits per heavy atom. The molecule has 0 bridgehead atoms. The summed E-state index contributed by atoms with van der Waals surface area (Å²) in [6.07, 6.45) is 0. The van der Waals surface area contributed by atoms with Crippen LogP contribution in [0.25, 0.3) is 0 Å². The second kappa shape index (κ2) is 3.66. The second-order valence-electron chi connectivity index (χ2n) is 3.50. The molecule has 1 aliphatic rings. The molecule has 1 rings (SSSR count). The van der Waals surface area contributed by atoms with Gasteiger partial charge in [-0.25, -0.2) is 0 Å². The minimum Gasteiger partial charge on any atom is -0.468 e. The van der Waals surface area contributed by atoms with Gasteiger partial charge in [-0.15, -0.1) is 0 Å². The summed E-state index contributed by atoms with van der Waals surface area (Å²) in [5, 5.41) is 3.25. The molecule has 0 aromatic heterocycles. The standard InChI is InChI=1S/C8H15NO2S/c1-8(2,7(10)11-3)9-6-4-12-5-6/h6,9H,4-5H2,1-3H3. The molecule has 0 aromatic carbocycles. The van der Waals surface area contributed by atoms with Crippen LogP contribution in [0.1, 0.15) is 13.8 Å². The second-order valence-corrected chi connectivity index (χ2v) is 4.57. The fourth-order valence-electron chi connectivity index (χ4n) is 1.14. The summed E-state index contributed by atoms with van der Waals surface area (Å²) >= 11 is 1.89. The highest BCUT2D eigenvalue weighted by molar-refractivity contribution is 8.00. The molecule has 0 aromatic rings. The molecule has 0 unspecified atom stereocenters. The number of thioether (sulfide) groups is 1. The number of carbonyl (C=O) groups is 1. The SMILES string of the molecule is COC(=O)C(C)(C)NC1CSC1. The Labute approximate surface area is 77.2 Å². The number of hydrogen-bond donors (Lipinski definition) is 1. The summed E-state index contributed by atoms with van der Waals surface area (Å²) in [4.78, 5) is 11.2. The number of hydrogen-bond acceptors (Lipinski definition) is 4. The van der Waals surface area contributed by atoms with Gasteiger partial charge in [-0.05, 0) is 13.8 Å². The first-order valence-electron chi connectivity index (χ1n) is 4.00. The predicted molar refractivity (Wildman–Crippen MR) is 50.3 cm³/mol. The Bertz CT molecular complexity index is 178. The molecule has 1 N–H and O–H groups in total. The van der Waals surface area contributed by atoms with Crippen molar-refractivity contribution < 1.29 is 9.53 Å². The van der Waals surface area contributed by atoms with Gasteiger partial charge in [-0.3, -0.25) is 10.1 Å². The molecule has 0 atom stereocenters. The highest BCUT2D eigenvalue weighted by Crippen LogP contribution is 2.20. The molecule has 0 aliphatic carbocycles. The maximum atomic E-state index is 11.2. The fourth-order valence-corrected chi connectivity index (χ4v) is 1.78. The molecular formula is C8H15NO2S. The molecule has 1 fully saturated rings. The van der Waals surface area contributed by atoms with Crippen molar-refractivity contribution in [2.45, 2.75) is 25.4 Å². The zero-order chi connectivity index (χ0) is 9.19. The highest BCUT2D eigenvalue weighted by atomic mass is 32.2. The molecule has 12 heavy (non-hydrogen) atoms. The van der Waals surface area contributed by atoms with Crippen molar-refractivity contribution in [1.82, 2.24) is 5.32 Å². The van der Waals surface area contributed by atoms with Crippen LogP contribution in [0.2, 0.25) is 0 Å². The van der Waals surface area contributed by atoms with Gasteiger partial charge in [0.15, 0.2) is 0 Å². The van der Waals surface area contributed by atoms with Gasteiger partial charge in [0.25, 0.3) is 0 Å². The van der Waals surface area contributed by atoms with E-state index < -0.39 is 5.54 Å². The van der Waals surface area contributed by atoms with Crippen molar-refractivity contribution >= 4 is 17.7 Å². The summed E-state index contributed by atoms with van der Waals surface area (Å²) in [5.41, 5.74) is -0.541. The molecule has 4 heteroatoms. The van der Waals surface area contributed by atoms with E-state index in [1.807, 2.05) is 25.6 Å². The van der Waals surface area contributed by atoms with Crippen LogP contribution < -0.4 is 5.32 Å². The Morgan fingerprint density at radius 3 is 2.50 bits per heavy atom. The van der Waals surface area contributed by atoms with Crippen molar-refractivity contribution in [2.75, 3.05) is 18.6 Å². The maximum Gasteiger partial charge on any atom is 0.325 e. The molecule has 70 valence electrons. The lowest BCUT2D eigenvalue weighted by atomic mass is 10.1. The Balaban J connectivity index is 2.40. The number of rotatable bonds is 3. The molecule has 0 amide bonds. The van der Waals surface area contributed by atoms with Gasteiger partial charge < -0.3 is 4.74 Å². The average molecular weight is 189 g/mol. The zero-order valence-electron chi connectivity index (χ0n) is 7.72. The third-order valence-electron chi connectivity index (χ3n) is 1.90. The van der Waals surface area contributed by atoms with Crippen LogP contribution in [0.15, 0.2) is 0 Å². The summed E-state index contributed by atoms with van der Waals surface area (Å²) in [6.45, 7) is 3.70. The Morgan fingerprint density at radius 2 is 2.17 bits per heavy atom. The summed E-state index contributed by atoms with van der Waals surface area (Å²) < 4.78 is 4.68. The minimum absolute atomic E-state index is 0.195. The van der Waals surface area contributed by atoms with E-state index in [0.29, 0.717) is 6.04 Å². The Hall–Kier alpha value is -0.220. The number of carbonyl (C=O) groups excluding carboxylic acids is 1. The first-order valence-corrected chi connectivity index (χ1v) is 5.15. The summed E-state index contributed by atoms with van der Waals surface area (Å²) in [6, 6.07) is 0.476. The zero-order valence-corrected chi connectivity index (χ0v) is 8.53. The van der Waals surface area contributed by atoms with Crippen molar-refractivity contribution in [3.05, 3.63) is 0 Å². The van der Waals surface area contributed by atoms with Crippen molar-refractivity contribution in [2.24, 2.45) is 0 Å². The van der Waals surface area contributed by atoms with Gasteiger partial charge in [0.2, 0.25) is 0 Å². The van der Waals surface area contributed by atoms with Crippen LogP contribution in [0, 0.1) is 0 Å². The normalized spacial score (nSPS) is 18.6. The molecule has 0 saturated carbocycles. The monoisotopic (exact) mass is 189 g/mol. The highest BCUT2D eigenvalue weighted by Gasteiger charge is 2.33. The van der Waals surface area contributed by atoms with Crippen molar-refractivity contribution in [1.29, 1.82) is 0 Å². The van der Waals surface area contributed by atoms with Gasteiger partial charge >= 0.3 is 5.97 Å². The third kappa shape index (κ3) is 2.14. The molecule has 1 heterocycles. The number of methoxy groups -OCH3 is 1. The molecule has 3 nitrogen and oxygen atoms in total. The van der Waals surface area contributed by atoms with Crippen LogP contribution in [-0.4, -0.2) is 36.2 Å². The topological polar surface area (TPSA) is 38.3 Å². The first kappa shape index (κ1) is 9.86. The van der Waals surface area contributed by atoms with Crippen LogP contribution in [0.3, 0.4) is 0 Å². The molecule has 0 radical (unpaired) electrons. The van der Waals surface area contributed by atoms with Gasteiger partial charge in [0, 0.05) is 17.5 Å². The van der Waals surface area contributed by atoms with E-state index >= 15 is 0 Å². The lowest BCUT2D eigenvalue weighted by Crippen LogP contribution is -2.56. The Kier molecular flexibility index (Phi) is 3.01. The average Bonchev–Trinajstić information content (AvgIpc) is 1.95. The molecular weight excluding hydrogens is 174 g/mol. The van der Waals surface area contributed by atoms with E-state index in [-0.39, 0.29) is 5.97 Å². The maximum absolute atomic E-state index is 11.2. The predicted octanol–water partition coefficient (Wildman–Crippen LogP) is 0.643. The van der Waals surface area contributed by atoms with E-state index in [2.05, 4.69) is 10.1 Å². The smallest absolute Gasteiger partial charge is 0.325 e. The van der Waals surface area contributed by atoms with Crippen LogP contribution in [0.5, 0.6) is 0 Å². The van der Waals surface area contributed by atoms with Gasteiger partial charge in [-0.1, -0.05) is 0 Å². The summed E-state index contributed by atoms with van der Waals surface area (Å²) in [7, 11) is 1.42. The van der Waals surface area contributed by atoms with E-state index in [9.17, 15) is 4.79 Å². The van der Waals surface area contributed by atoms with Crippen molar-refractivity contribution in [3.8, 4) is 0 Å². The van der Waals surface area contributed by atoms with Gasteiger partial charge in [0.05, 0.1) is 7.11 Å². The minimum atomic E-state index is -0.541. The van der Waals surface area contributed by atoms with Crippen LogP contribution in [0.4, 0.5) is 0 Å². The lowest BCUT2D eigenvalue weighted by Gasteiger charge is -2.33. The molecule has 1 aliphatic heterocycles. The lowest BCUT2D eigenvalue weighted by molar-refractivity contribution is -0.147. The quantitative estimate of drug-likeness (QED) is 0.661. The van der Waals surface area contributed by atoms with E-state index in [1.165, 1.54) is 7.11 Å². The largest absolute Gasteiger partial charge is 0.468 e. The fraction of sp³-hybridized carbons (Fsp3) is 0.875. The molecule has 1 saturated heterocycles. The van der Waals surface area contributed by atoms with E-state index in [4.69, 9.17) is 0 Å².